The number of aromatic nitrogens is 1. The van der Waals surface area contributed by atoms with Crippen molar-refractivity contribution in [3.05, 3.63) is 33.9 Å². The molecule has 17 heavy (non-hydrogen) atoms. The van der Waals surface area contributed by atoms with Crippen LogP contribution in [0.2, 0.25) is 10.0 Å². The van der Waals surface area contributed by atoms with Crippen molar-refractivity contribution in [3.8, 4) is 6.07 Å². The number of hydrogen-bond donors (Lipinski definition) is 0. The van der Waals surface area contributed by atoms with Crippen LogP contribution in [0.3, 0.4) is 0 Å². The summed E-state index contributed by atoms with van der Waals surface area (Å²) in [6.45, 7) is 0. The van der Waals surface area contributed by atoms with Gasteiger partial charge in [-0.05, 0) is 18.2 Å². The first-order valence-corrected chi connectivity index (χ1v) is 5.65. The Kier molecular flexibility index (Phi) is 3.10. The second kappa shape index (κ2) is 4.40. The fourth-order valence-corrected chi connectivity index (χ4v) is 2.25. The number of benzene rings is 1. The highest BCUT2D eigenvalue weighted by atomic mass is 35.5. The summed E-state index contributed by atoms with van der Waals surface area (Å²) in [5.41, 5.74) is 1.83. The first kappa shape index (κ1) is 12.0. The monoisotopic (exact) mass is 265 g/mol. The maximum atomic E-state index is 8.94. The molecule has 0 N–H and O–H groups in total. The van der Waals surface area contributed by atoms with Crippen LogP contribution in [-0.4, -0.2) is 19.1 Å². The topological polar surface area (TPSA) is 39.9 Å². The number of rotatable bonds is 1. The molecule has 0 aliphatic carbocycles. The Balaban J connectivity index is 2.92. The van der Waals surface area contributed by atoms with E-state index in [1.54, 1.807) is 18.2 Å². The molecule has 0 aliphatic rings. The first-order chi connectivity index (χ1) is 8.02. The van der Waals surface area contributed by atoms with E-state index in [1.165, 1.54) is 0 Å². The first-order valence-electron chi connectivity index (χ1n) is 4.90. The highest BCUT2D eigenvalue weighted by Crippen LogP contribution is 2.34. The molecule has 0 aliphatic heterocycles. The van der Waals surface area contributed by atoms with Crippen molar-refractivity contribution in [1.29, 1.82) is 5.26 Å². The molecule has 0 atom stereocenters. The van der Waals surface area contributed by atoms with Crippen molar-refractivity contribution in [2.75, 3.05) is 19.0 Å². The fourth-order valence-electron chi connectivity index (χ4n) is 1.68. The Morgan fingerprint density at radius 1 is 1.24 bits per heavy atom. The fraction of sp³-hybridized carbons (Fsp3) is 0.167. The zero-order valence-corrected chi connectivity index (χ0v) is 10.8. The zero-order valence-electron chi connectivity index (χ0n) is 9.33. The van der Waals surface area contributed by atoms with Gasteiger partial charge in [0, 0.05) is 24.5 Å². The number of hydrogen-bond acceptors (Lipinski definition) is 3. The predicted molar refractivity (Wildman–Crippen MR) is 70.8 cm³/mol. The van der Waals surface area contributed by atoms with Crippen LogP contribution in [0.1, 0.15) is 5.69 Å². The summed E-state index contributed by atoms with van der Waals surface area (Å²) in [5.74, 6) is 0. The lowest BCUT2D eigenvalue weighted by molar-refractivity contribution is 1.13. The van der Waals surface area contributed by atoms with E-state index in [0.717, 1.165) is 11.1 Å². The number of pyridine rings is 1. The van der Waals surface area contributed by atoms with Crippen LogP contribution >= 0.6 is 23.2 Å². The van der Waals surface area contributed by atoms with E-state index in [1.807, 2.05) is 25.1 Å². The Labute approximate surface area is 109 Å². The average Bonchev–Trinajstić information content (AvgIpc) is 2.26. The van der Waals surface area contributed by atoms with Gasteiger partial charge in [-0.1, -0.05) is 23.2 Å². The minimum absolute atomic E-state index is 0.347. The van der Waals surface area contributed by atoms with Gasteiger partial charge >= 0.3 is 0 Å². The summed E-state index contributed by atoms with van der Waals surface area (Å²) in [4.78, 5) is 6.10. The average molecular weight is 266 g/mol. The van der Waals surface area contributed by atoms with E-state index in [4.69, 9.17) is 28.5 Å². The number of fused-ring (bicyclic) bond motifs is 1. The van der Waals surface area contributed by atoms with Crippen LogP contribution in [0.25, 0.3) is 10.9 Å². The minimum Gasteiger partial charge on any atom is -0.377 e. The number of nitrogens with zero attached hydrogens (tertiary/aromatic N) is 3. The van der Waals surface area contributed by atoms with Crippen LogP contribution in [0, 0.1) is 11.3 Å². The molecule has 0 bridgehead atoms. The third-order valence-corrected chi connectivity index (χ3v) is 2.92. The molecule has 2 aromatic rings. The van der Waals surface area contributed by atoms with E-state index in [0.29, 0.717) is 21.3 Å². The third kappa shape index (κ3) is 2.14. The Morgan fingerprint density at radius 3 is 2.53 bits per heavy atom. The molecule has 0 amide bonds. The Morgan fingerprint density at radius 2 is 1.94 bits per heavy atom. The summed E-state index contributed by atoms with van der Waals surface area (Å²) < 4.78 is 0. The molecule has 0 unspecified atom stereocenters. The van der Waals surface area contributed by atoms with E-state index in [-0.39, 0.29) is 0 Å². The van der Waals surface area contributed by atoms with Crippen molar-refractivity contribution < 1.29 is 0 Å². The lowest BCUT2D eigenvalue weighted by Crippen LogP contribution is -2.10. The molecule has 0 spiro atoms. The van der Waals surface area contributed by atoms with Gasteiger partial charge in [0.15, 0.2) is 0 Å². The smallest absolute Gasteiger partial charge is 0.143 e. The minimum atomic E-state index is 0.347. The molecular weight excluding hydrogens is 257 g/mol. The molecule has 2 rings (SSSR count). The van der Waals surface area contributed by atoms with Crippen molar-refractivity contribution >= 4 is 39.8 Å². The van der Waals surface area contributed by atoms with Crippen molar-refractivity contribution in [3.63, 3.8) is 0 Å². The highest BCUT2D eigenvalue weighted by molar-refractivity contribution is 6.39. The Hall–Kier alpha value is -1.50. The van der Waals surface area contributed by atoms with Gasteiger partial charge in [0.25, 0.3) is 0 Å². The van der Waals surface area contributed by atoms with Gasteiger partial charge in [0.05, 0.1) is 16.2 Å². The SMILES string of the molecule is CN(C)c1cc(C#N)nc2cc(Cl)cc(Cl)c12. The molecule has 0 fully saturated rings. The van der Waals surface area contributed by atoms with Gasteiger partial charge in [0.1, 0.15) is 11.8 Å². The quantitative estimate of drug-likeness (QED) is 0.793. The van der Waals surface area contributed by atoms with Crippen LogP contribution in [0.4, 0.5) is 5.69 Å². The van der Waals surface area contributed by atoms with Crippen LogP contribution in [0.15, 0.2) is 18.2 Å². The van der Waals surface area contributed by atoms with Gasteiger partial charge in [-0.25, -0.2) is 4.98 Å². The van der Waals surface area contributed by atoms with E-state index >= 15 is 0 Å². The standard InChI is InChI=1S/C12H9Cl2N3/c1-17(2)11-5-8(6-15)16-10-4-7(13)3-9(14)12(10)11/h3-5H,1-2H3. The van der Waals surface area contributed by atoms with Crippen LogP contribution in [0.5, 0.6) is 0 Å². The van der Waals surface area contributed by atoms with Gasteiger partial charge in [-0.2, -0.15) is 5.26 Å². The van der Waals surface area contributed by atoms with Gasteiger partial charge < -0.3 is 4.90 Å². The summed E-state index contributed by atoms with van der Waals surface area (Å²) in [5, 5.41) is 10.8. The maximum absolute atomic E-state index is 8.94. The molecule has 0 radical (unpaired) electrons. The van der Waals surface area contributed by atoms with Crippen molar-refractivity contribution in [1.82, 2.24) is 4.98 Å². The summed E-state index contributed by atoms with van der Waals surface area (Å²) in [6, 6.07) is 7.12. The zero-order chi connectivity index (χ0) is 12.6. The molecule has 3 nitrogen and oxygen atoms in total. The molecule has 1 aromatic carbocycles. The predicted octanol–water partition coefficient (Wildman–Crippen LogP) is 3.48. The Bertz CT molecular complexity index is 630. The van der Waals surface area contributed by atoms with Crippen molar-refractivity contribution in [2.24, 2.45) is 0 Å². The summed E-state index contributed by atoms with van der Waals surface area (Å²) >= 11 is 12.1. The molecule has 0 saturated carbocycles. The largest absolute Gasteiger partial charge is 0.377 e. The van der Waals surface area contributed by atoms with Crippen LogP contribution in [-0.2, 0) is 0 Å². The van der Waals surface area contributed by atoms with Gasteiger partial charge in [-0.3, -0.25) is 0 Å². The highest BCUT2D eigenvalue weighted by Gasteiger charge is 2.11. The molecular formula is C12H9Cl2N3. The van der Waals surface area contributed by atoms with E-state index in [2.05, 4.69) is 4.98 Å². The number of anilines is 1. The maximum Gasteiger partial charge on any atom is 0.143 e. The normalized spacial score (nSPS) is 10.3. The lowest BCUT2D eigenvalue weighted by Gasteiger charge is -2.16. The molecule has 1 heterocycles. The van der Waals surface area contributed by atoms with Gasteiger partial charge in [0.2, 0.25) is 0 Å². The van der Waals surface area contributed by atoms with E-state index < -0.39 is 0 Å². The summed E-state index contributed by atoms with van der Waals surface area (Å²) in [7, 11) is 3.78. The molecule has 0 saturated heterocycles. The summed E-state index contributed by atoms with van der Waals surface area (Å²) in [6.07, 6.45) is 0. The lowest BCUT2D eigenvalue weighted by atomic mass is 10.1. The number of nitriles is 1. The molecule has 1 aromatic heterocycles. The van der Waals surface area contributed by atoms with Crippen LogP contribution < -0.4 is 4.90 Å². The van der Waals surface area contributed by atoms with Gasteiger partial charge in [-0.15, -0.1) is 0 Å². The molecule has 5 heteroatoms. The van der Waals surface area contributed by atoms with Crippen molar-refractivity contribution in [2.45, 2.75) is 0 Å². The van der Waals surface area contributed by atoms with E-state index in [9.17, 15) is 0 Å². The third-order valence-electron chi connectivity index (χ3n) is 2.40. The second-order valence-corrected chi connectivity index (χ2v) is 4.66. The number of halogens is 2. The second-order valence-electron chi connectivity index (χ2n) is 3.81. The molecule has 86 valence electrons.